The first-order valence-corrected chi connectivity index (χ1v) is 8.48. The Labute approximate surface area is 148 Å². The van der Waals surface area contributed by atoms with Crippen LogP contribution < -0.4 is 9.47 Å². The topological polar surface area (TPSA) is 51.7 Å². The van der Waals surface area contributed by atoms with Gasteiger partial charge in [-0.3, -0.25) is 9.78 Å². The van der Waals surface area contributed by atoms with Gasteiger partial charge in [-0.15, -0.1) is 0 Å². The van der Waals surface area contributed by atoms with Crippen molar-refractivity contribution in [1.29, 1.82) is 0 Å². The Morgan fingerprint density at radius 2 is 2.12 bits per heavy atom. The van der Waals surface area contributed by atoms with E-state index in [0.717, 1.165) is 33.9 Å². The third-order valence-corrected chi connectivity index (χ3v) is 4.77. The van der Waals surface area contributed by atoms with Crippen molar-refractivity contribution < 1.29 is 14.3 Å². The summed E-state index contributed by atoms with van der Waals surface area (Å²) in [5.41, 5.74) is 3.81. The van der Waals surface area contributed by atoms with E-state index in [2.05, 4.69) is 4.98 Å². The Morgan fingerprint density at radius 1 is 1.36 bits per heavy atom. The first kappa shape index (κ1) is 17.3. The van der Waals surface area contributed by atoms with Gasteiger partial charge < -0.3 is 14.4 Å². The number of nitrogens with zero attached hydrogens (tertiary/aromatic N) is 2. The van der Waals surface area contributed by atoms with Gasteiger partial charge in [0.25, 0.3) is 0 Å². The van der Waals surface area contributed by atoms with Crippen LogP contribution in [0.4, 0.5) is 0 Å². The summed E-state index contributed by atoms with van der Waals surface area (Å²) in [5, 5.41) is 0. The summed E-state index contributed by atoms with van der Waals surface area (Å²) in [6, 6.07) is 7.78. The van der Waals surface area contributed by atoms with E-state index in [0.29, 0.717) is 19.6 Å². The minimum Gasteiger partial charge on any atom is -0.496 e. The zero-order valence-corrected chi connectivity index (χ0v) is 15.2. The molecular formula is C20H24N2O3. The van der Waals surface area contributed by atoms with E-state index in [9.17, 15) is 4.79 Å². The van der Waals surface area contributed by atoms with Crippen LogP contribution in [0.1, 0.15) is 34.7 Å². The lowest BCUT2D eigenvalue weighted by Gasteiger charge is -2.29. The molecule has 0 saturated heterocycles. The summed E-state index contributed by atoms with van der Waals surface area (Å²) < 4.78 is 11.1. The number of ether oxygens (including phenoxy) is 2. The number of pyridine rings is 1. The van der Waals surface area contributed by atoms with Gasteiger partial charge in [0.1, 0.15) is 11.5 Å². The van der Waals surface area contributed by atoms with E-state index in [4.69, 9.17) is 9.47 Å². The number of hydrogen-bond acceptors (Lipinski definition) is 4. The fourth-order valence-corrected chi connectivity index (χ4v) is 3.40. The molecule has 2 aromatic rings. The minimum absolute atomic E-state index is 0.0940. The Balaban J connectivity index is 1.81. The lowest BCUT2D eigenvalue weighted by Crippen LogP contribution is -2.34. The largest absolute Gasteiger partial charge is 0.496 e. The van der Waals surface area contributed by atoms with E-state index in [1.165, 1.54) is 0 Å². The van der Waals surface area contributed by atoms with Gasteiger partial charge in [0.15, 0.2) is 0 Å². The number of aryl methyl sites for hydroxylation is 1. The predicted molar refractivity (Wildman–Crippen MR) is 96.0 cm³/mol. The standard InChI is InChI=1S/C20H24N2O3/c1-13-11-21-17(14(2)19(13)24-4)12-22(3)20(23)16-9-10-25-18-8-6-5-7-15(16)18/h5-8,11,16H,9-10,12H2,1-4H3/t16-/m1/s1. The molecule has 1 aromatic heterocycles. The number of methoxy groups -OCH3 is 1. The summed E-state index contributed by atoms with van der Waals surface area (Å²) in [6.07, 6.45) is 2.49. The maximum absolute atomic E-state index is 13.0. The second-order valence-electron chi connectivity index (χ2n) is 6.47. The highest BCUT2D eigenvalue weighted by Gasteiger charge is 2.30. The number of para-hydroxylation sites is 1. The number of benzene rings is 1. The van der Waals surface area contributed by atoms with Crippen LogP contribution in [0.25, 0.3) is 0 Å². The molecule has 25 heavy (non-hydrogen) atoms. The molecule has 0 unspecified atom stereocenters. The SMILES string of the molecule is COc1c(C)cnc(CN(C)C(=O)[C@@H]2CCOc3ccccc32)c1C. The average Bonchev–Trinajstić information content (AvgIpc) is 2.63. The average molecular weight is 340 g/mol. The number of carbonyl (C=O) groups is 1. The van der Waals surface area contributed by atoms with E-state index in [1.54, 1.807) is 18.2 Å². The summed E-state index contributed by atoms with van der Waals surface area (Å²) >= 11 is 0. The molecule has 1 amide bonds. The van der Waals surface area contributed by atoms with Crippen LogP contribution in [0.3, 0.4) is 0 Å². The van der Waals surface area contributed by atoms with Crippen molar-refractivity contribution in [2.45, 2.75) is 32.7 Å². The highest BCUT2D eigenvalue weighted by molar-refractivity contribution is 5.84. The van der Waals surface area contributed by atoms with Crippen LogP contribution in [0.15, 0.2) is 30.5 Å². The summed E-state index contributed by atoms with van der Waals surface area (Å²) in [4.78, 5) is 19.3. The van der Waals surface area contributed by atoms with Crippen LogP contribution in [-0.4, -0.2) is 36.6 Å². The Hall–Kier alpha value is -2.56. The zero-order valence-electron chi connectivity index (χ0n) is 15.2. The van der Waals surface area contributed by atoms with Gasteiger partial charge in [-0.05, 0) is 26.3 Å². The number of hydrogen-bond donors (Lipinski definition) is 0. The fourth-order valence-electron chi connectivity index (χ4n) is 3.40. The minimum atomic E-state index is -0.164. The maximum atomic E-state index is 13.0. The molecule has 3 rings (SSSR count). The molecule has 0 radical (unpaired) electrons. The number of amides is 1. The monoisotopic (exact) mass is 340 g/mol. The molecule has 132 valence electrons. The smallest absolute Gasteiger partial charge is 0.230 e. The molecular weight excluding hydrogens is 316 g/mol. The van der Waals surface area contributed by atoms with Crippen molar-refractivity contribution in [3.8, 4) is 11.5 Å². The molecule has 1 aliphatic rings. The van der Waals surface area contributed by atoms with Crippen LogP contribution in [0.2, 0.25) is 0 Å². The number of rotatable bonds is 4. The zero-order chi connectivity index (χ0) is 18.0. The van der Waals surface area contributed by atoms with Gasteiger partial charge in [0.05, 0.1) is 31.9 Å². The molecule has 1 atom stereocenters. The Bertz CT molecular complexity index is 789. The summed E-state index contributed by atoms with van der Waals surface area (Å²) in [5.74, 6) is 1.58. The van der Waals surface area contributed by atoms with Crippen LogP contribution in [-0.2, 0) is 11.3 Å². The molecule has 1 aromatic carbocycles. The fraction of sp³-hybridized carbons (Fsp3) is 0.400. The molecule has 2 heterocycles. The molecule has 0 aliphatic carbocycles. The second-order valence-corrected chi connectivity index (χ2v) is 6.47. The van der Waals surface area contributed by atoms with E-state index < -0.39 is 0 Å². The van der Waals surface area contributed by atoms with Crippen LogP contribution >= 0.6 is 0 Å². The van der Waals surface area contributed by atoms with Gasteiger partial charge in [-0.25, -0.2) is 0 Å². The van der Waals surface area contributed by atoms with Gasteiger partial charge in [0, 0.05) is 29.9 Å². The third-order valence-electron chi connectivity index (χ3n) is 4.77. The molecule has 5 heteroatoms. The van der Waals surface area contributed by atoms with Crippen molar-refractivity contribution in [3.05, 3.63) is 52.8 Å². The number of likely N-dealkylation sites (N-methyl/N-ethyl adjacent to an activating group) is 1. The van der Waals surface area contributed by atoms with Crippen molar-refractivity contribution >= 4 is 5.91 Å². The first-order chi connectivity index (χ1) is 12.0. The highest BCUT2D eigenvalue weighted by Crippen LogP contribution is 2.34. The molecule has 0 bridgehead atoms. The van der Waals surface area contributed by atoms with Crippen molar-refractivity contribution in [1.82, 2.24) is 9.88 Å². The maximum Gasteiger partial charge on any atom is 0.230 e. The molecule has 5 nitrogen and oxygen atoms in total. The molecule has 0 fully saturated rings. The van der Waals surface area contributed by atoms with Crippen LogP contribution in [0.5, 0.6) is 11.5 Å². The predicted octanol–water partition coefficient (Wildman–Crippen LogP) is 3.23. The quantitative estimate of drug-likeness (QED) is 0.857. The lowest BCUT2D eigenvalue weighted by atomic mass is 9.92. The number of fused-ring (bicyclic) bond motifs is 1. The molecule has 0 spiro atoms. The van der Waals surface area contributed by atoms with Gasteiger partial charge in [-0.2, -0.15) is 0 Å². The summed E-state index contributed by atoms with van der Waals surface area (Å²) in [7, 11) is 3.49. The van der Waals surface area contributed by atoms with Crippen molar-refractivity contribution in [2.75, 3.05) is 20.8 Å². The number of aromatic nitrogens is 1. The molecule has 0 saturated carbocycles. The lowest BCUT2D eigenvalue weighted by molar-refractivity contribution is -0.132. The summed E-state index contributed by atoms with van der Waals surface area (Å²) in [6.45, 7) is 4.98. The van der Waals surface area contributed by atoms with Gasteiger partial charge in [0.2, 0.25) is 5.91 Å². The first-order valence-electron chi connectivity index (χ1n) is 8.48. The van der Waals surface area contributed by atoms with Gasteiger partial charge in [-0.1, -0.05) is 18.2 Å². The van der Waals surface area contributed by atoms with Crippen molar-refractivity contribution in [3.63, 3.8) is 0 Å². The van der Waals surface area contributed by atoms with E-state index in [-0.39, 0.29) is 11.8 Å². The molecule has 1 aliphatic heterocycles. The third kappa shape index (κ3) is 3.31. The van der Waals surface area contributed by atoms with Gasteiger partial charge >= 0.3 is 0 Å². The second kappa shape index (κ2) is 7.13. The molecule has 0 N–H and O–H groups in total. The van der Waals surface area contributed by atoms with Crippen molar-refractivity contribution in [2.24, 2.45) is 0 Å². The highest BCUT2D eigenvalue weighted by atomic mass is 16.5. The Morgan fingerprint density at radius 3 is 2.88 bits per heavy atom. The van der Waals surface area contributed by atoms with Crippen LogP contribution in [0, 0.1) is 13.8 Å². The van der Waals surface area contributed by atoms with E-state index >= 15 is 0 Å². The van der Waals surface area contributed by atoms with E-state index in [1.807, 2.05) is 45.2 Å². The Kier molecular flexibility index (Phi) is 4.93. The normalized spacial score (nSPS) is 15.9. The number of carbonyl (C=O) groups excluding carboxylic acids is 1.